The molecule has 0 aliphatic carbocycles. The second-order valence-electron chi connectivity index (χ2n) is 4.76. The Hall–Kier alpha value is -1.42. The van der Waals surface area contributed by atoms with Crippen molar-refractivity contribution in [1.82, 2.24) is 9.88 Å². The molecule has 0 spiro atoms. The van der Waals surface area contributed by atoms with Gasteiger partial charge in [0.05, 0.1) is 11.3 Å². The first-order valence-corrected chi connectivity index (χ1v) is 5.86. The van der Waals surface area contributed by atoms with Crippen molar-refractivity contribution in [2.75, 3.05) is 13.6 Å². The Kier molecular flexibility index (Phi) is 5.10. The minimum atomic E-state index is -0.933. The van der Waals surface area contributed by atoms with Gasteiger partial charge in [-0.3, -0.25) is 4.98 Å². The lowest BCUT2D eigenvalue weighted by molar-refractivity contribution is 0.0696. The van der Waals surface area contributed by atoms with Crippen molar-refractivity contribution in [2.24, 2.45) is 5.92 Å². The molecule has 0 aliphatic rings. The Labute approximate surface area is 102 Å². The van der Waals surface area contributed by atoms with Crippen molar-refractivity contribution < 1.29 is 9.90 Å². The molecule has 1 aromatic heterocycles. The molecule has 0 unspecified atom stereocenters. The van der Waals surface area contributed by atoms with Gasteiger partial charge >= 0.3 is 5.97 Å². The van der Waals surface area contributed by atoms with Crippen LogP contribution in [-0.4, -0.2) is 34.6 Å². The lowest BCUT2D eigenvalue weighted by Gasteiger charge is -2.17. The number of rotatable bonds is 6. The summed E-state index contributed by atoms with van der Waals surface area (Å²) in [5, 5.41) is 8.75. The highest BCUT2D eigenvalue weighted by Gasteiger charge is 2.05. The largest absolute Gasteiger partial charge is 0.478 e. The normalized spacial score (nSPS) is 11.1. The van der Waals surface area contributed by atoms with E-state index < -0.39 is 5.97 Å². The van der Waals surface area contributed by atoms with Crippen LogP contribution < -0.4 is 0 Å². The molecule has 0 amide bonds. The first kappa shape index (κ1) is 13.6. The SMILES string of the molecule is CC(C)CCN(C)Cc1ccc(C(=O)O)cn1. The van der Waals surface area contributed by atoms with Crippen LogP contribution in [0, 0.1) is 5.92 Å². The quantitative estimate of drug-likeness (QED) is 0.823. The second-order valence-corrected chi connectivity index (χ2v) is 4.76. The molecule has 0 aromatic carbocycles. The van der Waals surface area contributed by atoms with Crippen molar-refractivity contribution in [3.05, 3.63) is 29.6 Å². The van der Waals surface area contributed by atoms with Crippen molar-refractivity contribution in [1.29, 1.82) is 0 Å². The summed E-state index contributed by atoms with van der Waals surface area (Å²) < 4.78 is 0. The summed E-state index contributed by atoms with van der Waals surface area (Å²) in [6.07, 6.45) is 2.57. The molecule has 0 saturated carbocycles. The van der Waals surface area contributed by atoms with Gasteiger partial charge in [-0.1, -0.05) is 13.8 Å². The summed E-state index contributed by atoms with van der Waals surface area (Å²) in [6.45, 7) is 6.19. The zero-order valence-corrected chi connectivity index (χ0v) is 10.7. The Morgan fingerprint density at radius 2 is 2.18 bits per heavy atom. The Morgan fingerprint density at radius 1 is 1.47 bits per heavy atom. The molecule has 4 heteroatoms. The highest BCUT2D eigenvalue weighted by Crippen LogP contribution is 2.05. The van der Waals surface area contributed by atoms with Crippen LogP contribution in [0.4, 0.5) is 0 Å². The molecule has 0 aliphatic heterocycles. The summed E-state index contributed by atoms with van der Waals surface area (Å²) in [5.74, 6) is -0.239. The summed E-state index contributed by atoms with van der Waals surface area (Å²) in [6, 6.07) is 3.37. The molecule has 17 heavy (non-hydrogen) atoms. The van der Waals surface area contributed by atoms with Crippen LogP contribution in [0.2, 0.25) is 0 Å². The number of aromatic carboxylic acids is 1. The van der Waals surface area contributed by atoms with E-state index in [-0.39, 0.29) is 5.56 Å². The molecule has 0 saturated heterocycles. The van der Waals surface area contributed by atoms with Gasteiger partial charge in [-0.25, -0.2) is 4.79 Å². The van der Waals surface area contributed by atoms with E-state index in [1.54, 1.807) is 12.1 Å². The molecular formula is C13H20N2O2. The van der Waals surface area contributed by atoms with E-state index in [0.717, 1.165) is 25.2 Å². The van der Waals surface area contributed by atoms with Crippen LogP contribution in [0.5, 0.6) is 0 Å². The minimum Gasteiger partial charge on any atom is -0.478 e. The molecule has 0 radical (unpaired) electrons. The number of nitrogens with zero attached hydrogens (tertiary/aromatic N) is 2. The van der Waals surface area contributed by atoms with Gasteiger partial charge in [0.1, 0.15) is 0 Å². The highest BCUT2D eigenvalue weighted by molar-refractivity contribution is 5.87. The topological polar surface area (TPSA) is 53.4 Å². The molecule has 1 rings (SSSR count). The fraction of sp³-hybridized carbons (Fsp3) is 0.538. The van der Waals surface area contributed by atoms with Crippen molar-refractivity contribution in [2.45, 2.75) is 26.8 Å². The Bertz CT molecular complexity index is 360. The van der Waals surface area contributed by atoms with Crippen LogP contribution >= 0.6 is 0 Å². The van der Waals surface area contributed by atoms with E-state index in [1.807, 2.05) is 0 Å². The lowest BCUT2D eigenvalue weighted by atomic mass is 10.1. The van der Waals surface area contributed by atoms with Crippen LogP contribution in [0.3, 0.4) is 0 Å². The Morgan fingerprint density at radius 3 is 2.65 bits per heavy atom. The maximum atomic E-state index is 10.7. The maximum Gasteiger partial charge on any atom is 0.337 e. The molecule has 1 aromatic rings. The lowest BCUT2D eigenvalue weighted by Crippen LogP contribution is -2.21. The van der Waals surface area contributed by atoms with Gasteiger partial charge in [-0.15, -0.1) is 0 Å². The average Bonchev–Trinajstić information content (AvgIpc) is 2.27. The van der Waals surface area contributed by atoms with Gasteiger partial charge in [0, 0.05) is 12.7 Å². The second kappa shape index (κ2) is 6.35. The third kappa shape index (κ3) is 4.95. The number of carboxylic acid groups (broad SMARTS) is 1. The third-order valence-corrected chi connectivity index (χ3v) is 2.59. The Balaban J connectivity index is 2.48. The highest BCUT2D eigenvalue weighted by atomic mass is 16.4. The monoisotopic (exact) mass is 236 g/mol. The van der Waals surface area contributed by atoms with Gasteiger partial charge in [-0.05, 0) is 38.1 Å². The molecule has 0 atom stereocenters. The van der Waals surface area contributed by atoms with E-state index in [0.29, 0.717) is 5.92 Å². The summed E-state index contributed by atoms with van der Waals surface area (Å²) >= 11 is 0. The zero-order chi connectivity index (χ0) is 12.8. The summed E-state index contributed by atoms with van der Waals surface area (Å²) in [5.41, 5.74) is 1.14. The average molecular weight is 236 g/mol. The van der Waals surface area contributed by atoms with Crippen LogP contribution in [0.25, 0.3) is 0 Å². The fourth-order valence-electron chi connectivity index (χ4n) is 1.48. The molecule has 1 heterocycles. The number of carbonyl (C=O) groups is 1. The molecule has 4 nitrogen and oxygen atoms in total. The van der Waals surface area contributed by atoms with Crippen molar-refractivity contribution >= 4 is 5.97 Å². The summed E-state index contributed by atoms with van der Waals surface area (Å²) in [4.78, 5) is 17.0. The van der Waals surface area contributed by atoms with Crippen LogP contribution in [0.15, 0.2) is 18.3 Å². The fourth-order valence-corrected chi connectivity index (χ4v) is 1.48. The number of aromatic nitrogens is 1. The number of hydrogen-bond donors (Lipinski definition) is 1. The summed E-state index contributed by atoms with van der Waals surface area (Å²) in [7, 11) is 2.05. The maximum absolute atomic E-state index is 10.7. The molecular weight excluding hydrogens is 216 g/mol. The number of pyridine rings is 1. The van der Waals surface area contributed by atoms with Crippen molar-refractivity contribution in [3.63, 3.8) is 0 Å². The van der Waals surface area contributed by atoms with E-state index >= 15 is 0 Å². The standard InChI is InChI=1S/C13H20N2O2/c1-10(2)6-7-15(3)9-12-5-4-11(8-14-12)13(16)17/h4-5,8,10H,6-7,9H2,1-3H3,(H,16,17). The third-order valence-electron chi connectivity index (χ3n) is 2.59. The predicted molar refractivity (Wildman–Crippen MR) is 67.0 cm³/mol. The van der Waals surface area contributed by atoms with Gasteiger partial charge in [0.15, 0.2) is 0 Å². The van der Waals surface area contributed by atoms with Gasteiger partial charge in [-0.2, -0.15) is 0 Å². The minimum absolute atomic E-state index is 0.235. The first-order chi connectivity index (χ1) is 7.99. The van der Waals surface area contributed by atoms with Gasteiger partial charge in [0.25, 0.3) is 0 Å². The number of carboxylic acids is 1. The molecule has 1 N–H and O–H groups in total. The van der Waals surface area contributed by atoms with E-state index in [9.17, 15) is 4.79 Å². The smallest absolute Gasteiger partial charge is 0.337 e. The van der Waals surface area contributed by atoms with Crippen LogP contribution in [-0.2, 0) is 6.54 Å². The van der Waals surface area contributed by atoms with E-state index in [4.69, 9.17) is 5.11 Å². The number of hydrogen-bond acceptors (Lipinski definition) is 3. The van der Waals surface area contributed by atoms with E-state index in [2.05, 4.69) is 30.8 Å². The van der Waals surface area contributed by atoms with Gasteiger partial charge < -0.3 is 10.0 Å². The molecule has 94 valence electrons. The molecule has 0 bridgehead atoms. The first-order valence-electron chi connectivity index (χ1n) is 5.86. The predicted octanol–water partition coefficient (Wildman–Crippen LogP) is 2.26. The van der Waals surface area contributed by atoms with Crippen molar-refractivity contribution in [3.8, 4) is 0 Å². The van der Waals surface area contributed by atoms with Gasteiger partial charge in [0.2, 0.25) is 0 Å². The molecule has 0 fully saturated rings. The van der Waals surface area contributed by atoms with Crippen LogP contribution in [0.1, 0.15) is 36.3 Å². The zero-order valence-electron chi connectivity index (χ0n) is 10.7. The van der Waals surface area contributed by atoms with E-state index in [1.165, 1.54) is 6.20 Å².